The van der Waals surface area contributed by atoms with Crippen LogP contribution in [0.3, 0.4) is 0 Å². The molecule has 1 aliphatic heterocycles. The first-order valence-electron chi connectivity index (χ1n) is 6.25. The van der Waals surface area contributed by atoms with Crippen LogP contribution in [0.1, 0.15) is 10.5 Å². The van der Waals surface area contributed by atoms with Crippen LogP contribution in [-0.2, 0) is 14.3 Å². The number of carbonyl (C=O) groups excluding carboxylic acids is 4. The molecule has 0 bridgehead atoms. The van der Waals surface area contributed by atoms with Gasteiger partial charge in [-0.05, 0) is 0 Å². The Labute approximate surface area is 129 Å². The van der Waals surface area contributed by atoms with Gasteiger partial charge in [0, 0.05) is 25.5 Å². The van der Waals surface area contributed by atoms with Crippen LogP contribution >= 0.6 is 11.8 Å². The lowest BCUT2D eigenvalue weighted by molar-refractivity contribution is -0.126. The third kappa shape index (κ3) is 4.25. The standard InChI is InChI=1S/C12H12N4O5S/c17-9(6-21-11(19)8-5-13-1-2-14-8)15-3-4-16-10(18)7-22-12(16)20/h1-2,5H,3-4,6-7H2,(H,15,17). The Kier molecular flexibility index (Phi) is 5.42. The van der Waals surface area contributed by atoms with E-state index in [-0.39, 0.29) is 35.7 Å². The molecule has 0 spiro atoms. The normalized spacial score (nSPS) is 14.1. The molecule has 1 aromatic rings. The quantitative estimate of drug-likeness (QED) is 0.692. The summed E-state index contributed by atoms with van der Waals surface area (Å²) in [5.41, 5.74) is 0.000542. The highest BCUT2D eigenvalue weighted by molar-refractivity contribution is 8.14. The van der Waals surface area contributed by atoms with Gasteiger partial charge in [0.05, 0.1) is 11.9 Å². The highest BCUT2D eigenvalue weighted by Gasteiger charge is 2.29. The maximum absolute atomic E-state index is 11.5. The molecular formula is C12H12N4O5S. The van der Waals surface area contributed by atoms with Crippen molar-refractivity contribution in [2.45, 2.75) is 0 Å². The maximum atomic E-state index is 11.5. The van der Waals surface area contributed by atoms with Crippen LogP contribution < -0.4 is 5.32 Å². The Morgan fingerprint density at radius 1 is 1.36 bits per heavy atom. The minimum atomic E-state index is -0.760. The first kappa shape index (κ1) is 15.9. The molecule has 0 atom stereocenters. The van der Waals surface area contributed by atoms with Crippen molar-refractivity contribution >= 4 is 34.8 Å². The van der Waals surface area contributed by atoms with Crippen molar-refractivity contribution in [3.63, 3.8) is 0 Å². The summed E-state index contributed by atoms with van der Waals surface area (Å²) in [6.07, 6.45) is 3.96. The van der Waals surface area contributed by atoms with Crippen LogP contribution in [0.2, 0.25) is 0 Å². The molecule has 0 saturated carbocycles. The van der Waals surface area contributed by atoms with Gasteiger partial charge in [-0.2, -0.15) is 0 Å². The highest BCUT2D eigenvalue weighted by atomic mass is 32.2. The van der Waals surface area contributed by atoms with E-state index in [2.05, 4.69) is 15.3 Å². The first-order chi connectivity index (χ1) is 10.6. The molecule has 2 rings (SSSR count). The number of hydrogen-bond donors (Lipinski definition) is 1. The molecular weight excluding hydrogens is 312 g/mol. The Hall–Kier alpha value is -2.49. The lowest BCUT2D eigenvalue weighted by Gasteiger charge is -2.13. The largest absolute Gasteiger partial charge is 0.451 e. The van der Waals surface area contributed by atoms with E-state index < -0.39 is 18.5 Å². The fraction of sp³-hybridized carbons (Fsp3) is 0.333. The number of imide groups is 1. The van der Waals surface area contributed by atoms with Crippen LogP contribution in [0.15, 0.2) is 18.6 Å². The molecule has 0 radical (unpaired) electrons. The molecule has 1 aromatic heterocycles. The van der Waals surface area contributed by atoms with Gasteiger partial charge in [-0.25, -0.2) is 9.78 Å². The number of aromatic nitrogens is 2. The van der Waals surface area contributed by atoms with Crippen molar-refractivity contribution in [2.75, 3.05) is 25.4 Å². The smallest absolute Gasteiger partial charge is 0.359 e. The molecule has 10 heteroatoms. The Morgan fingerprint density at radius 2 is 2.18 bits per heavy atom. The van der Waals surface area contributed by atoms with Gasteiger partial charge in [0.25, 0.3) is 11.1 Å². The zero-order valence-electron chi connectivity index (χ0n) is 11.4. The minimum absolute atomic E-state index is 0.000542. The number of rotatable bonds is 6. The van der Waals surface area contributed by atoms with Crippen molar-refractivity contribution in [3.05, 3.63) is 24.3 Å². The summed E-state index contributed by atoms with van der Waals surface area (Å²) in [5.74, 6) is -1.45. The number of esters is 1. The fourth-order valence-electron chi connectivity index (χ4n) is 1.56. The molecule has 1 aliphatic rings. The maximum Gasteiger partial charge on any atom is 0.359 e. The lowest BCUT2D eigenvalue weighted by atomic mass is 10.4. The van der Waals surface area contributed by atoms with Crippen LogP contribution in [0.5, 0.6) is 0 Å². The third-order valence-corrected chi connectivity index (χ3v) is 3.46. The zero-order valence-corrected chi connectivity index (χ0v) is 12.2. The Balaban J connectivity index is 1.67. The molecule has 9 nitrogen and oxygen atoms in total. The molecule has 1 saturated heterocycles. The van der Waals surface area contributed by atoms with E-state index in [1.165, 1.54) is 18.6 Å². The minimum Gasteiger partial charge on any atom is -0.451 e. The second kappa shape index (κ2) is 7.50. The number of amides is 3. The Bertz CT molecular complexity index is 578. The second-order valence-corrected chi connectivity index (χ2v) is 5.04. The summed E-state index contributed by atoms with van der Waals surface area (Å²) in [6.45, 7) is -0.292. The van der Waals surface area contributed by atoms with Crippen molar-refractivity contribution in [1.82, 2.24) is 20.2 Å². The van der Waals surface area contributed by atoms with Crippen LogP contribution in [0, 0.1) is 0 Å². The summed E-state index contributed by atoms with van der Waals surface area (Å²) >= 11 is 0.927. The molecule has 0 aliphatic carbocycles. The number of carbonyl (C=O) groups is 4. The van der Waals surface area contributed by atoms with Crippen LogP contribution in [-0.4, -0.2) is 63.3 Å². The molecule has 3 amide bonds. The second-order valence-electron chi connectivity index (χ2n) is 4.12. The zero-order chi connectivity index (χ0) is 15.9. The van der Waals surface area contributed by atoms with Crippen LogP contribution in [0.4, 0.5) is 4.79 Å². The predicted octanol–water partition coefficient (Wildman–Crippen LogP) is -0.555. The average Bonchev–Trinajstić information content (AvgIpc) is 2.85. The topological polar surface area (TPSA) is 119 Å². The molecule has 2 heterocycles. The van der Waals surface area contributed by atoms with E-state index in [9.17, 15) is 19.2 Å². The summed E-state index contributed by atoms with van der Waals surface area (Å²) in [6, 6.07) is 0. The fourth-order valence-corrected chi connectivity index (χ4v) is 2.32. The van der Waals surface area contributed by atoms with Gasteiger partial charge in [-0.3, -0.25) is 24.3 Å². The van der Waals surface area contributed by atoms with Crippen molar-refractivity contribution in [2.24, 2.45) is 0 Å². The lowest BCUT2D eigenvalue weighted by Crippen LogP contribution is -2.38. The first-order valence-corrected chi connectivity index (χ1v) is 7.23. The van der Waals surface area contributed by atoms with Crippen molar-refractivity contribution in [1.29, 1.82) is 0 Å². The van der Waals surface area contributed by atoms with Gasteiger partial charge in [-0.15, -0.1) is 0 Å². The average molecular weight is 324 g/mol. The van der Waals surface area contributed by atoms with Gasteiger partial charge >= 0.3 is 5.97 Å². The van der Waals surface area contributed by atoms with E-state index in [1.807, 2.05) is 0 Å². The molecule has 1 fully saturated rings. The van der Waals surface area contributed by atoms with E-state index in [1.54, 1.807) is 0 Å². The predicted molar refractivity (Wildman–Crippen MR) is 74.9 cm³/mol. The molecule has 116 valence electrons. The van der Waals surface area contributed by atoms with Crippen molar-refractivity contribution < 1.29 is 23.9 Å². The van der Waals surface area contributed by atoms with Gasteiger partial charge in [-0.1, -0.05) is 11.8 Å². The summed E-state index contributed by atoms with van der Waals surface area (Å²) in [4.78, 5) is 54.1. The SMILES string of the molecule is O=C(COC(=O)c1cnccn1)NCCN1C(=O)CSC1=O. The number of ether oxygens (including phenoxy) is 1. The molecule has 1 N–H and O–H groups in total. The summed E-state index contributed by atoms with van der Waals surface area (Å²) in [5, 5.41) is 2.12. The van der Waals surface area contributed by atoms with Crippen molar-refractivity contribution in [3.8, 4) is 0 Å². The van der Waals surface area contributed by atoms with Gasteiger partial charge in [0.15, 0.2) is 12.3 Å². The third-order valence-electron chi connectivity index (χ3n) is 2.60. The van der Waals surface area contributed by atoms with Gasteiger partial charge in [0.2, 0.25) is 5.91 Å². The van der Waals surface area contributed by atoms with Gasteiger partial charge < -0.3 is 10.1 Å². The number of hydrogen-bond acceptors (Lipinski definition) is 8. The van der Waals surface area contributed by atoms with Crippen LogP contribution in [0.25, 0.3) is 0 Å². The summed E-state index contributed by atoms with van der Waals surface area (Å²) < 4.78 is 4.75. The van der Waals surface area contributed by atoms with E-state index >= 15 is 0 Å². The molecule has 22 heavy (non-hydrogen) atoms. The highest BCUT2D eigenvalue weighted by Crippen LogP contribution is 2.17. The van der Waals surface area contributed by atoms with Gasteiger partial charge in [0.1, 0.15) is 0 Å². The van der Waals surface area contributed by atoms with E-state index in [0.29, 0.717) is 0 Å². The van der Waals surface area contributed by atoms with E-state index in [4.69, 9.17) is 4.74 Å². The van der Waals surface area contributed by atoms with E-state index in [0.717, 1.165) is 16.7 Å². The molecule has 0 unspecified atom stereocenters. The summed E-state index contributed by atoms with van der Waals surface area (Å²) in [7, 11) is 0. The Morgan fingerprint density at radius 3 is 2.82 bits per heavy atom. The monoisotopic (exact) mass is 324 g/mol. The number of thioether (sulfide) groups is 1. The molecule has 0 aromatic carbocycles. The number of nitrogens with zero attached hydrogens (tertiary/aromatic N) is 3. The number of nitrogens with one attached hydrogen (secondary N) is 1.